The first-order valence-electron chi connectivity index (χ1n) is 8.24. The van der Waals surface area contributed by atoms with Crippen LogP contribution in [0.1, 0.15) is 32.3 Å². The summed E-state index contributed by atoms with van der Waals surface area (Å²) in [6, 6.07) is 0.140. The number of imide groups is 1. The lowest BCUT2D eigenvalue weighted by molar-refractivity contribution is -0.130. The maximum Gasteiger partial charge on any atom is 0.325 e. The molecule has 1 atom stereocenters. The second-order valence-corrected chi connectivity index (χ2v) is 7.08. The van der Waals surface area contributed by atoms with Gasteiger partial charge in [-0.1, -0.05) is 0 Å². The Balaban J connectivity index is 1.57. The average Bonchev–Trinajstić information content (AvgIpc) is 3.12. The quantitative estimate of drug-likeness (QED) is 0.822. The molecule has 7 nitrogen and oxygen atoms in total. The number of nitrogens with one attached hydrogen (secondary N) is 1. The number of hydrogen-bond donors (Lipinski definition) is 1. The summed E-state index contributed by atoms with van der Waals surface area (Å²) in [6.07, 6.45) is 6.20. The van der Waals surface area contributed by atoms with Gasteiger partial charge in [-0.2, -0.15) is 5.10 Å². The summed E-state index contributed by atoms with van der Waals surface area (Å²) in [5.74, 6) is -0.138. The first-order chi connectivity index (χ1) is 10.9. The number of hydrogen-bond acceptors (Lipinski definition) is 4. The number of urea groups is 1. The summed E-state index contributed by atoms with van der Waals surface area (Å²) >= 11 is 0. The first kappa shape index (κ1) is 16.0. The Bertz CT molecular complexity index is 609. The van der Waals surface area contributed by atoms with Gasteiger partial charge >= 0.3 is 6.03 Å². The third-order valence-electron chi connectivity index (χ3n) is 4.71. The minimum absolute atomic E-state index is 0.138. The lowest BCUT2D eigenvalue weighted by atomic mass is 10.1. The average molecular weight is 319 g/mol. The summed E-state index contributed by atoms with van der Waals surface area (Å²) in [5.41, 5.74) is 0.379. The molecule has 0 aliphatic carbocycles. The summed E-state index contributed by atoms with van der Waals surface area (Å²) in [6.45, 7) is 8.56. The molecule has 1 aromatic rings. The van der Waals surface area contributed by atoms with Crippen LogP contribution in [0.15, 0.2) is 12.4 Å². The van der Waals surface area contributed by atoms with Crippen molar-refractivity contribution >= 4 is 11.9 Å². The van der Waals surface area contributed by atoms with E-state index in [0.717, 1.165) is 38.0 Å². The molecule has 1 N–H and O–H groups in total. The van der Waals surface area contributed by atoms with E-state index in [1.165, 1.54) is 4.90 Å². The second kappa shape index (κ2) is 5.96. The highest BCUT2D eigenvalue weighted by molar-refractivity contribution is 6.06. The molecule has 126 valence electrons. The number of rotatable bonds is 5. The van der Waals surface area contributed by atoms with Crippen LogP contribution < -0.4 is 5.32 Å². The van der Waals surface area contributed by atoms with Crippen LogP contribution in [-0.4, -0.2) is 62.7 Å². The maximum atomic E-state index is 12.2. The van der Waals surface area contributed by atoms with Crippen LogP contribution in [0.5, 0.6) is 0 Å². The molecule has 3 heterocycles. The van der Waals surface area contributed by atoms with E-state index in [4.69, 9.17) is 0 Å². The van der Waals surface area contributed by atoms with E-state index >= 15 is 0 Å². The van der Waals surface area contributed by atoms with E-state index < -0.39 is 5.54 Å². The summed E-state index contributed by atoms with van der Waals surface area (Å²) < 4.78 is 1.98. The Morgan fingerprint density at radius 2 is 2.13 bits per heavy atom. The van der Waals surface area contributed by atoms with Gasteiger partial charge in [0.05, 0.1) is 12.7 Å². The molecular formula is C16H25N5O2. The molecule has 2 fully saturated rings. The topological polar surface area (TPSA) is 70.5 Å². The fourth-order valence-corrected chi connectivity index (χ4v) is 3.43. The normalized spacial score (nSPS) is 24.5. The van der Waals surface area contributed by atoms with Crippen LogP contribution in [0.25, 0.3) is 0 Å². The van der Waals surface area contributed by atoms with Gasteiger partial charge in [-0.05, 0) is 45.7 Å². The van der Waals surface area contributed by atoms with Gasteiger partial charge in [-0.25, -0.2) is 4.79 Å². The van der Waals surface area contributed by atoms with Crippen LogP contribution in [0.2, 0.25) is 0 Å². The zero-order valence-electron chi connectivity index (χ0n) is 14.1. The molecule has 0 bridgehead atoms. The fraction of sp³-hybridized carbons (Fsp3) is 0.688. The predicted molar refractivity (Wildman–Crippen MR) is 85.9 cm³/mol. The third-order valence-corrected chi connectivity index (χ3v) is 4.71. The second-order valence-electron chi connectivity index (χ2n) is 7.08. The van der Waals surface area contributed by atoms with Gasteiger partial charge in [0.1, 0.15) is 5.54 Å². The molecule has 2 aliphatic heterocycles. The molecule has 2 saturated heterocycles. The lowest BCUT2D eigenvalue weighted by Gasteiger charge is -2.26. The van der Waals surface area contributed by atoms with E-state index in [1.54, 1.807) is 13.8 Å². The molecule has 0 spiro atoms. The van der Waals surface area contributed by atoms with Gasteiger partial charge < -0.3 is 5.32 Å². The molecule has 7 heteroatoms. The summed E-state index contributed by atoms with van der Waals surface area (Å²) in [5, 5.41) is 7.08. The van der Waals surface area contributed by atoms with E-state index in [9.17, 15) is 9.59 Å². The monoisotopic (exact) mass is 319 g/mol. The highest BCUT2D eigenvalue weighted by Gasteiger charge is 2.44. The highest BCUT2D eigenvalue weighted by Crippen LogP contribution is 2.20. The Labute approximate surface area is 136 Å². The number of amides is 3. The summed E-state index contributed by atoms with van der Waals surface area (Å²) in [7, 11) is 0. The van der Waals surface area contributed by atoms with Crippen molar-refractivity contribution in [1.29, 1.82) is 0 Å². The van der Waals surface area contributed by atoms with Crippen LogP contribution in [0, 0.1) is 6.92 Å². The number of aryl methyl sites for hydroxylation is 1. The van der Waals surface area contributed by atoms with Crippen molar-refractivity contribution in [2.45, 2.75) is 51.7 Å². The van der Waals surface area contributed by atoms with E-state index in [-0.39, 0.29) is 11.9 Å². The van der Waals surface area contributed by atoms with E-state index in [1.807, 2.05) is 17.8 Å². The molecule has 2 aliphatic rings. The van der Waals surface area contributed by atoms with Crippen molar-refractivity contribution in [2.75, 3.05) is 19.6 Å². The van der Waals surface area contributed by atoms with Crippen LogP contribution >= 0.6 is 0 Å². The minimum Gasteiger partial charge on any atom is -0.324 e. The number of carbonyl (C=O) groups is 2. The van der Waals surface area contributed by atoms with Crippen molar-refractivity contribution in [1.82, 2.24) is 24.9 Å². The lowest BCUT2D eigenvalue weighted by Crippen LogP contribution is -2.43. The molecule has 0 radical (unpaired) electrons. The third kappa shape index (κ3) is 3.24. The van der Waals surface area contributed by atoms with Crippen LogP contribution in [-0.2, 0) is 11.3 Å². The molecule has 1 aromatic heterocycles. The molecule has 3 amide bonds. The van der Waals surface area contributed by atoms with Gasteiger partial charge in [0.2, 0.25) is 0 Å². The maximum absolute atomic E-state index is 12.2. The molecule has 3 rings (SSSR count). The van der Waals surface area contributed by atoms with Crippen molar-refractivity contribution < 1.29 is 9.59 Å². The number of nitrogens with zero attached hydrogens (tertiary/aromatic N) is 4. The fourth-order valence-electron chi connectivity index (χ4n) is 3.43. The number of likely N-dealkylation sites (tertiary alicyclic amines) is 1. The van der Waals surface area contributed by atoms with Gasteiger partial charge in [-0.3, -0.25) is 19.3 Å². The van der Waals surface area contributed by atoms with Crippen molar-refractivity contribution in [3.05, 3.63) is 18.0 Å². The van der Waals surface area contributed by atoms with Gasteiger partial charge in [0.25, 0.3) is 5.91 Å². The molecular weight excluding hydrogens is 294 g/mol. The van der Waals surface area contributed by atoms with Gasteiger partial charge in [0.15, 0.2) is 0 Å². The van der Waals surface area contributed by atoms with E-state index in [0.29, 0.717) is 12.6 Å². The van der Waals surface area contributed by atoms with Crippen molar-refractivity contribution in [3.8, 4) is 0 Å². The molecule has 0 unspecified atom stereocenters. The Morgan fingerprint density at radius 1 is 1.35 bits per heavy atom. The zero-order chi connectivity index (χ0) is 16.6. The Hall–Kier alpha value is -1.89. The first-order valence-corrected chi connectivity index (χ1v) is 8.24. The number of carbonyl (C=O) groups excluding carboxylic acids is 2. The van der Waals surface area contributed by atoms with Gasteiger partial charge in [0, 0.05) is 25.3 Å². The molecule has 0 saturated carbocycles. The van der Waals surface area contributed by atoms with E-state index in [2.05, 4.69) is 21.5 Å². The van der Waals surface area contributed by atoms with Crippen molar-refractivity contribution in [3.63, 3.8) is 0 Å². The molecule has 0 aromatic carbocycles. The SMILES string of the molecule is Cc1cnn(C[C@@H]2CCCN2CCN2C(=O)NC(C)(C)C2=O)c1. The predicted octanol–water partition coefficient (Wildman–Crippen LogP) is 0.986. The summed E-state index contributed by atoms with van der Waals surface area (Å²) in [4.78, 5) is 27.9. The van der Waals surface area contributed by atoms with Crippen LogP contribution in [0.3, 0.4) is 0 Å². The Morgan fingerprint density at radius 3 is 2.74 bits per heavy atom. The standard InChI is InChI=1S/C16H25N5O2/c1-12-9-17-20(10-12)11-13-5-4-6-19(13)7-8-21-14(22)16(2,3)18-15(21)23/h9-10,13H,4-8,11H2,1-3H3,(H,18,23)/t13-/m0/s1. The van der Waals surface area contributed by atoms with Crippen molar-refractivity contribution in [2.24, 2.45) is 0 Å². The highest BCUT2D eigenvalue weighted by atomic mass is 16.2. The minimum atomic E-state index is -0.784. The van der Waals surface area contributed by atoms with Gasteiger partial charge in [-0.15, -0.1) is 0 Å². The molecule has 23 heavy (non-hydrogen) atoms. The number of aromatic nitrogens is 2. The Kier molecular flexibility index (Phi) is 4.14. The smallest absolute Gasteiger partial charge is 0.324 e. The zero-order valence-corrected chi connectivity index (χ0v) is 14.1. The largest absolute Gasteiger partial charge is 0.325 e. The van der Waals surface area contributed by atoms with Crippen LogP contribution in [0.4, 0.5) is 4.79 Å².